The smallest absolute Gasteiger partial charge is 0.233 e. The van der Waals surface area contributed by atoms with Gasteiger partial charge in [-0.25, -0.2) is 4.98 Å². The Balaban J connectivity index is 1.43. The van der Waals surface area contributed by atoms with Crippen molar-refractivity contribution in [1.29, 1.82) is 0 Å². The number of ether oxygens (including phenoxy) is 3. The van der Waals surface area contributed by atoms with Crippen molar-refractivity contribution in [3.8, 4) is 11.5 Å². The lowest BCUT2D eigenvalue weighted by Crippen LogP contribution is -2.38. The van der Waals surface area contributed by atoms with Gasteiger partial charge >= 0.3 is 0 Å². The summed E-state index contributed by atoms with van der Waals surface area (Å²) in [6, 6.07) is 11.8. The maximum atomic E-state index is 13.3. The lowest BCUT2D eigenvalue weighted by Gasteiger charge is -2.23. The van der Waals surface area contributed by atoms with E-state index in [9.17, 15) is 4.79 Å². The zero-order valence-electron chi connectivity index (χ0n) is 16.2. The van der Waals surface area contributed by atoms with Crippen LogP contribution in [0.4, 0.5) is 5.13 Å². The molecule has 5 rings (SSSR count). The Morgan fingerprint density at radius 2 is 2.10 bits per heavy atom. The molecular weight excluding hydrogens is 388 g/mol. The zero-order valence-corrected chi connectivity index (χ0v) is 17.0. The van der Waals surface area contributed by atoms with Crippen molar-refractivity contribution in [2.45, 2.75) is 32.3 Å². The number of aryl methyl sites for hydroxylation is 1. The summed E-state index contributed by atoms with van der Waals surface area (Å²) in [6.45, 7) is 3.58. The average Bonchev–Trinajstić information content (AvgIpc) is 3.45. The minimum absolute atomic E-state index is 0.00939. The van der Waals surface area contributed by atoms with Crippen LogP contribution in [0.25, 0.3) is 10.2 Å². The van der Waals surface area contributed by atoms with E-state index in [1.54, 1.807) is 16.2 Å². The summed E-state index contributed by atoms with van der Waals surface area (Å²) < 4.78 is 17.7. The van der Waals surface area contributed by atoms with Gasteiger partial charge < -0.3 is 14.2 Å². The number of benzene rings is 2. The molecule has 2 aliphatic rings. The van der Waals surface area contributed by atoms with Crippen molar-refractivity contribution in [2.75, 3.05) is 24.8 Å². The molecule has 3 heterocycles. The molecule has 0 N–H and O–H groups in total. The topological polar surface area (TPSA) is 60.9 Å². The number of carbonyl (C=O) groups excluding carboxylic acids is 1. The highest BCUT2D eigenvalue weighted by Crippen LogP contribution is 2.34. The molecule has 2 aromatic carbocycles. The van der Waals surface area contributed by atoms with Crippen molar-refractivity contribution in [3.63, 3.8) is 0 Å². The van der Waals surface area contributed by atoms with Crippen LogP contribution >= 0.6 is 11.3 Å². The highest BCUT2D eigenvalue weighted by atomic mass is 32.1. The SMILES string of the molecule is Cc1ccc2nc(N(CC3CCCO3)C(=O)Cc3ccc4c(c3)OCO4)sc2c1. The predicted octanol–water partition coefficient (Wildman–Crippen LogP) is 4.09. The molecule has 0 bridgehead atoms. The molecule has 1 aromatic heterocycles. The number of amides is 1. The van der Waals surface area contributed by atoms with Gasteiger partial charge in [-0.3, -0.25) is 9.69 Å². The van der Waals surface area contributed by atoms with Crippen LogP contribution in [0.3, 0.4) is 0 Å². The van der Waals surface area contributed by atoms with Crippen LogP contribution in [0.2, 0.25) is 0 Å². The maximum Gasteiger partial charge on any atom is 0.233 e. The van der Waals surface area contributed by atoms with Crippen molar-refractivity contribution < 1.29 is 19.0 Å². The zero-order chi connectivity index (χ0) is 19.8. The number of hydrogen-bond donors (Lipinski definition) is 0. The van der Waals surface area contributed by atoms with E-state index in [-0.39, 0.29) is 25.2 Å². The lowest BCUT2D eigenvalue weighted by atomic mass is 10.1. The summed E-state index contributed by atoms with van der Waals surface area (Å²) in [5.41, 5.74) is 3.00. The number of hydrogen-bond acceptors (Lipinski definition) is 6. The summed E-state index contributed by atoms with van der Waals surface area (Å²) in [5.74, 6) is 1.42. The second-order valence-corrected chi connectivity index (χ2v) is 8.48. The molecule has 29 heavy (non-hydrogen) atoms. The minimum atomic E-state index is 0.00939. The number of rotatable bonds is 5. The van der Waals surface area contributed by atoms with E-state index in [4.69, 9.17) is 19.2 Å². The van der Waals surface area contributed by atoms with Gasteiger partial charge in [0.1, 0.15) is 0 Å². The Morgan fingerprint density at radius 1 is 1.21 bits per heavy atom. The summed E-state index contributed by atoms with van der Waals surface area (Å²) in [6.07, 6.45) is 2.34. The molecule has 1 saturated heterocycles. The van der Waals surface area contributed by atoms with Crippen LogP contribution < -0.4 is 14.4 Å². The van der Waals surface area contributed by atoms with Gasteiger partial charge in [-0.15, -0.1) is 0 Å². The van der Waals surface area contributed by atoms with Crippen molar-refractivity contribution in [3.05, 3.63) is 47.5 Å². The molecule has 0 spiro atoms. The number of anilines is 1. The Hall–Kier alpha value is -2.64. The summed E-state index contributed by atoms with van der Waals surface area (Å²) in [4.78, 5) is 19.8. The molecule has 2 aliphatic heterocycles. The molecule has 1 atom stereocenters. The first-order valence-corrected chi connectivity index (χ1v) is 10.6. The van der Waals surface area contributed by atoms with Crippen LogP contribution in [-0.2, 0) is 16.0 Å². The molecule has 1 unspecified atom stereocenters. The Labute approximate surface area is 173 Å². The summed E-state index contributed by atoms with van der Waals surface area (Å²) in [7, 11) is 0. The van der Waals surface area contributed by atoms with Gasteiger partial charge in [-0.05, 0) is 55.2 Å². The molecule has 150 valence electrons. The van der Waals surface area contributed by atoms with Gasteiger partial charge in [0, 0.05) is 6.61 Å². The van der Waals surface area contributed by atoms with E-state index in [1.165, 1.54) is 5.56 Å². The number of thiazole rings is 1. The average molecular weight is 410 g/mol. The first-order chi connectivity index (χ1) is 14.2. The lowest BCUT2D eigenvalue weighted by molar-refractivity contribution is -0.118. The maximum absolute atomic E-state index is 13.3. The molecule has 1 fully saturated rings. The van der Waals surface area contributed by atoms with E-state index in [2.05, 4.69) is 13.0 Å². The van der Waals surface area contributed by atoms with Gasteiger partial charge in [-0.1, -0.05) is 23.5 Å². The molecular formula is C22H22N2O4S. The third kappa shape index (κ3) is 3.80. The van der Waals surface area contributed by atoms with Gasteiger partial charge in [0.25, 0.3) is 0 Å². The van der Waals surface area contributed by atoms with Gasteiger partial charge in [0.15, 0.2) is 16.6 Å². The number of nitrogens with zero attached hydrogens (tertiary/aromatic N) is 2. The normalized spacial score (nSPS) is 17.8. The second-order valence-electron chi connectivity index (χ2n) is 7.47. The second kappa shape index (κ2) is 7.65. The third-order valence-electron chi connectivity index (χ3n) is 5.27. The van der Waals surface area contributed by atoms with Crippen LogP contribution in [0, 0.1) is 6.92 Å². The fourth-order valence-corrected chi connectivity index (χ4v) is 4.82. The Morgan fingerprint density at radius 3 is 2.97 bits per heavy atom. The molecule has 7 heteroatoms. The van der Waals surface area contributed by atoms with Gasteiger partial charge in [-0.2, -0.15) is 0 Å². The van der Waals surface area contributed by atoms with Crippen LogP contribution in [-0.4, -0.2) is 36.9 Å². The standard InChI is InChI=1S/C22H22N2O4S/c1-14-4-6-17-20(9-14)29-22(23-17)24(12-16-3-2-8-26-16)21(25)11-15-5-7-18-19(10-15)28-13-27-18/h4-7,9-10,16H,2-3,8,11-13H2,1H3. The van der Waals surface area contributed by atoms with Crippen molar-refractivity contribution in [1.82, 2.24) is 4.98 Å². The Bertz CT molecular complexity index is 1060. The molecule has 0 aliphatic carbocycles. The van der Waals surface area contributed by atoms with Crippen LogP contribution in [0.15, 0.2) is 36.4 Å². The van der Waals surface area contributed by atoms with E-state index in [0.717, 1.165) is 46.1 Å². The van der Waals surface area contributed by atoms with E-state index in [1.807, 2.05) is 30.3 Å². The first kappa shape index (κ1) is 18.4. The molecule has 0 saturated carbocycles. The third-order valence-corrected chi connectivity index (χ3v) is 6.31. The van der Waals surface area contributed by atoms with Crippen molar-refractivity contribution in [2.24, 2.45) is 0 Å². The van der Waals surface area contributed by atoms with E-state index in [0.29, 0.717) is 12.3 Å². The monoisotopic (exact) mass is 410 g/mol. The quantitative estimate of drug-likeness (QED) is 0.634. The van der Waals surface area contributed by atoms with Crippen LogP contribution in [0.1, 0.15) is 24.0 Å². The highest BCUT2D eigenvalue weighted by molar-refractivity contribution is 7.22. The summed E-state index contributed by atoms with van der Waals surface area (Å²) >= 11 is 1.56. The molecule has 1 amide bonds. The largest absolute Gasteiger partial charge is 0.454 e. The number of fused-ring (bicyclic) bond motifs is 2. The highest BCUT2D eigenvalue weighted by Gasteiger charge is 2.26. The summed E-state index contributed by atoms with van der Waals surface area (Å²) in [5, 5.41) is 0.729. The van der Waals surface area contributed by atoms with Crippen molar-refractivity contribution >= 4 is 32.6 Å². The predicted molar refractivity (Wildman–Crippen MR) is 112 cm³/mol. The molecule has 0 radical (unpaired) electrons. The van der Waals surface area contributed by atoms with E-state index < -0.39 is 0 Å². The van der Waals surface area contributed by atoms with Crippen LogP contribution in [0.5, 0.6) is 11.5 Å². The molecule has 6 nitrogen and oxygen atoms in total. The number of carbonyl (C=O) groups is 1. The van der Waals surface area contributed by atoms with E-state index >= 15 is 0 Å². The minimum Gasteiger partial charge on any atom is -0.454 e. The fourth-order valence-electron chi connectivity index (χ4n) is 3.73. The first-order valence-electron chi connectivity index (χ1n) is 9.83. The fraction of sp³-hybridized carbons (Fsp3) is 0.364. The number of aromatic nitrogens is 1. The molecule has 3 aromatic rings. The van der Waals surface area contributed by atoms with Gasteiger partial charge in [0.05, 0.1) is 29.3 Å². The van der Waals surface area contributed by atoms with Gasteiger partial charge in [0.2, 0.25) is 12.7 Å². The Kier molecular flexibility index (Phi) is 4.85.